The second-order valence-electron chi connectivity index (χ2n) is 5.83. The van der Waals surface area contributed by atoms with E-state index in [-0.39, 0.29) is 17.1 Å². The maximum absolute atomic E-state index is 14.2. The van der Waals surface area contributed by atoms with Crippen LogP contribution in [0.25, 0.3) is 0 Å². The van der Waals surface area contributed by atoms with E-state index in [1.807, 2.05) is 0 Å². The molecule has 0 aliphatic heterocycles. The summed E-state index contributed by atoms with van der Waals surface area (Å²) in [7, 11) is 0. The average molecular weight is 182 g/mol. The van der Waals surface area contributed by atoms with Crippen LogP contribution in [0.5, 0.6) is 0 Å². The van der Waals surface area contributed by atoms with Crippen molar-refractivity contribution in [3.8, 4) is 0 Å². The molecule has 13 heavy (non-hydrogen) atoms. The lowest BCUT2D eigenvalue weighted by atomic mass is 9.39. The fraction of sp³-hybridized carbons (Fsp3) is 0.909. The molecule has 5 aliphatic carbocycles. The molecule has 0 aromatic heterocycles. The van der Waals surface area contributed by atoms with E-state index in [2.05, 4.69) is 13.8 Å². The summed E-state index contributed by atoms with van der Waals surface area (Å²) >= 11 is 0. The molecule has 0 amide bonds. The van der Waals surface area contributed by atoms with E-state index in [1.165, 1.54) is 0 Å². The molecule has 1 nitrogen and oxygen atoms in total. The highest BCUT2D eigenvalue weighted by Gasteiger charge is 2.69. The first-order valence-electron chi connectivity index (χ1n) is 5.17. The number of rotatable bonds is 0. The summed E-state index contributed by atoms with van der Waals surface area (Å²) in [5.41, 5.74) is -1.37. The first-order valence-corrected chi connectivity index (χ1v) is 5.17. The second-order valence-corrected chi connectivity index (χ2v) is 5.83. The molecule has 0 N–H and O–H groups in total. The van der Waals surface area contributed by atoms with E-state index >= 15 is 0 Å². The Morgan fingerprint density at radius 3 is 2.62 bits per heavy atom. The minimum Gasteiger partial charge on any atom is -0.296 e. The monoisotopic (exact) mass is 182 g/mol. The Kier molecular flexibility index (Phi) is 1.13. The smallest absolute Gasteiger partial charge is 0.173 e. The van der Waals surface area contributed by atoms with Crippen molar-refractivity contribution in [2.75, 3.05) is 0 Å². The first-order chi connectivity index (χ1) is 5.94. The fourth-order valence-corrected chi connectivity index (χ4v) is 4.26. The highest BCUT2D eigenvalue weighted by Crippen LogP contribution is 2.67. The van der Waals surface area contributed by atoms with Gasteiger partial charge in [-0.2, -0.15) is 0 Å². The third-order valence-electron chi connectivity index (χ3n) is 4.50. The molecule has 72 valence electrons. The van der Waals surface area contributed by atoms with Crippen LogP contribution in [0.2, 0.25) is 0 Å². The molecule has 0 spiro atoms. The van der Waals surface area contributed by atoms with Gasteiger partial charge < -0.3 is 0 Å². The van der Waals surface area contributed by atoms with Crippen LogP contribution in [0.4, 0.5) is 4.39 Å². The maximum atomic E-state index is 14.2. The van der Waals surface area contributed by atoms with Crippen molar-refractivity contribution in [1.29, 1.82) is 0 Å². The molecule has 4 unspecified atom stereocenters. The van der Waals surface area contributed by atoms with Gasteiger partial charge in [-0.25, -0.2) is 4.39 Å². The minimum absolute atomic E-state index is 0.0640. The Labute approximate surface area is 77.7 Å². The van der Waals surface area contributed by atoms with Gasteiger partial charge in [-0.1, -0.05) is 13.8 Å². The summed E-state index contributed by atoms with van der Waals surface area (Å²) in [6, 6.07) is 0. The first kappa shape index (κ1) is 7.95. The third-order valence-corrected chi connectivity index (χ3v) is 4.50. The Bertz CT molecular complexity index is 296. The van der Waals surface area contributed by atoms with Gasteiger partial charge in [0, 0.05) is 5.92 Å². The van der Waals surface area contributed by atoms with Crippen molar-refractivity contribution in [2.45, 2.75) is 38.8 Å². The van der Waals surface area contributed by atoms with Crippen molar-refractivity contribution < 1.29 is 9.18 Å². The SMILES string of the molecule is CC1(C)CC2(F)CC3CC(C2=O)C31. The second kappa shape index (κ2) is 1.84. The quantitative estimate of drug-likeness (QED) is 0.562. The van der Waals surface area contributed by atoms with E-state index in [4.69, 9.17) is 0 Å². The summed E-state index contributed by atoms with van der Waals surface area (Å²) < 4.78 is 14.2. The molecule has 5 aliphatic rings. The van der Waals surface area contributed by atoms with Gasteiger partial charge in [0.1, 0.15) is 0 Å². The zero-order valence-electron chi connectivity index (χ0n) is 8.14. The van der Waals surface area contributed by atoms with Gasteiger partial charge in [0.05, 0.1) is 0 Å². The Morgan fingerprint density at radius 1 is 1.46 bits per heavy atom. The van der Waals surface area contributed by atoms with E-state index < -0.39 is 5.67 Å². The van der Waals surface area contributed by atoms with Crippen LogP contribution in [0.15, 0.2) is 0 Å². The molecule has 0 aromatic rings. The lowest BCUT2D eigenvalue weighted by molar-refractivity contribution is -0.200. The van der Waals surface area contributed by atoms with Gasteiger partial charge in [-0.05, 0) is 36.5 Å². The number of Topliss-reactive ketones (excluding diaryl/α,β-unsaturated/α-hetero) is 1. The van der Waals surface area contributed by atoms with Crippen molar-refractivity contribution in [1.82, 2.24) is 0 Å². The van der Waals surface area contributed by atoms with Crippen LogP contribution >= 0.6 is 0 Å². The zero-order valence-corrected chi connectivity index (χ0v) is 8.14. The maximum Gasteiger partial charge on any atom is 0.173 e. The van der Waals surface area contributed by atoms with E-state index in [1.54, 1.807) is 0 Å². The Hall–Kier alpha value is -0.400. The van der Waals surface area contributed by atoms with E-state index in [9.17, 15) is 9.18 Å². The van der Waals surface area contributed by atoms with Crippen LogP contribution in [0.3, 0.4) is 0 Å². The van der Waals surface area contributed by atoms with Crippen LogP contribution < -0.4 is 0 Å². The summed E-state index contributed by atoms with van der Waals surface area (Å²) in [6.45, 7) is 4.24. The highest BCUT2D eigenvalue weighted by atomic mass is 19.1. The average Bonchev–Trinajstić information content (AvgIpc) is 1.88. The molecule has 4 atom stereocenters. The summed E-state index contributed by atoms with van der Waals surface area (Å²) in [5.74, 6) is 1.01. The summed E-state index contributed by atoms with van der Waals surface area (Å²) in [5, 5.41) is 0. The molecule has 4 bridgehead atoms. The normalized spacial score (nSPS) is 56.2. The number of alkyl halides is 1. The molecular formula is C11H15FO. The summed E-state index contributed by atoms with van der Waals surface area (Å²) in [6.07, 6.45) is 1.96. The molecule has 5 saturated carbocycles. The third kappa shape index (κ3) is 0.718. The molecule has 0 aromatic carbocycles. The van der Waals surface area contributed by atoms with E-state index in [0.717, 1.165) is 6.42 Å². The Morgan fingerprint density at radius 2 is 2.15 bits per heavy atom. The topological polar surface area (TPSA) is 17.1 Å². The largest absolute Gasteiger partial charge is 0.296 e. The van der Waals surface area contributed by atoms with Crippen molar-refractivity contribution in [2.24, 2.45) is 23.2 Å². The molecule has 5 rings (SSSR count). The van der Waals surface area contributed by atoms with E-state index in [0.29, 0.717) is 24.7 Å². The number of fused-ring (bicyclic) bond motifs is 1. The number of ketones is 1. The van der Waals surface area contributed by atoms with Gasteiger partial charge >= 0.3 is 0 Å². The zero-order chi connectivity index (χ0) is 9.43. The van der Waals surface area contributed by atoms with Crippen LogP contribution in [0, 0.1) is 23.2 Å². The minimum atomic E-state index is -1.44. The standard InChI is InChI=1S/C11H15FO/c1-10(2)5-11(12)4-6-3-7(8(6)10)9(11)13/h6-8H,3-5H2,1-2H3. The molecule has 0 heterocycles. The van der Waals surface area contributed by atoms with Gasteiger partial charge in [0.2, 0.25) is 0 Å². The number of carbonyl (C=O) groups excluding carboxylic acids is 1. The van der Waals surface area contributed by atoms with Crippen LogP contribution in [0.1, 0.15) is 33.1 Å². The number of carbonyl (C=O) groups is 1. The van der Waals surface area contributed by atoms with Gasteiger partial charge in [-0.15, -0.1) is 0 Å². The predicted octanol–water partition coefficient (Wildman–Crippen LogP) is 2.35. The molecule has 0 saturated heterocycles. The van der Waals surface area contributed by atoms with Gasteiger partial charge in [0.25, 0.3) is 0 Å². The number of hydrogen-bond acceptors (Lipinski definition) is 1. The number of hydrogen-bond donors (Lipinski definition) is 0. The van der Waals surface area contributed by atoms with Crippen LogP contribution in [-0.2, 0) is 4.79 Å². The molecule has 0 radical (unpaired) electrons. The number of halogens is 1. The summed E-state index contributed by atoms with van der Waals surface area (Å²) in [4.78, 5) is 11.7. The predicted molar refractivity (Wildman–Crippen MR) is 46.9 cm³/mol. The van der Waals surface area contributed by atoms with Gasteiger partial charge in [-0.3, -0.25) is 4.79 Å². The lowest BCUT2D eigenvalue weighted by Crippen LogP contribution is -2.68. The fourth-order valence-electron chi connectivity index (χ4n) is 4.26. The van der Waals surface area contributed by atoms with Crippen molar-refractivity contribution in [3.05, 3.63) is 0 Å². The molecule has 5 fully saturated rings. The van der Waals surface area contributed by atoms with Crippen LogP contribution in [-0.4, -0.2) is 11.5 Å². The Balaban J connectivity index is 2.07. The van der Waals surface area contributed by atoms with Gasteiger partial charge in [0.15, 0.2) is 11.5 Å². The highest BCUT2D eigenvalue weighted by molar-refractivity contribution is 5.93. The molecule has 2 heteroatoms. The van der Waals surface area contributed by atoms with Crippen molar-refractivity contribution >= 4 is 5.78 Å². The lowest BCUT2D eigenvalue weighted by Gasteiger charge is -2.65. The molecular weight excluding hydrogens is 167 g/mol. The van der Waals surface area contributed by atoms with Crippen molar-refractivity contribution in [3.63, 3.8) is 0 Å².